The molecule has 0 aliphatic heterocycles. The molecule has 0 bridgehead atoms. The van der Waals surface area contributed by atoms with E-state index in [1.54, 1.807) is 0 Å². The van der Waals surface area contributed by atoms with Crippen molar-refractivity contribution in [1.29, 1.82) is 0 Å². The van der Waals surface area contributed by atoms with Crippen LogP contribution in [0.2, 0.25) is 0 Å². The van der Waals surface area contributed by atoms with Gasteiger partial charge in [-0.25, -0.2) is 9.18 Å². The van der Waals surface area contributed by atoms with Crippen LogP contribution < -0.4 is 4.74 Å². The van der Waals surface area contributed by atoms with Crippen molar-refractivity contribution in [1.82, 2.24) is 9.78 Å². The molecule has 0 fully saturated rings. The van der Waals surface area contributed by atoms with Gasteiger partial charge in [0.05, 0.1) is 11.9 Å². The Kier molecular flexibility index (Phi) is 3.46. The molecule has 100 valence electrons. The first-order chi connectivity index (χ1) is 9.00. The van der Waals surface area contributed by atoms with Crippen molar-refractivity contribution in [2.75, 3.05) is 0 Å². The molecule has 0 unspecified atom stereocenters. The molecule has 2 aromatic rings. The minimum atomic E-state index is -1.16. The Balaban J connectivity index is 2.21. The third kappa shape index (κ3) is 2.54. The summed E-state index contributed by atoms with van der Waals surface area (Å²) in [5, 5.41) is 12.7. The molecule has 5 nitrogen and oxygen atoms in total. The summed E-state index contributed by atoms with van der Waals surface area (Å²) >= 11 is 0. The first-order valence-electron chi connectivity index (χ1n) is 5.31. The van der Waals surface area contributed by atoms with Crippen molar-refractivity contribution in [3.8, 4) is 5.75 Å². The Labute approximate surface area is 107 Å². The molecule has 1 N–H and O–H groups in total. The number of halogens is 2. The lowest BCUT2D eigenvalue weighted by Crippen LogP contribution is -2.09. The molecular formula is C12H10F2N2O3. The van der Waals surface area contributed by atoms with Gasteiger partial charge >= 0.3 is 5.97 Å². The third-order valence-electron chi connectivity index (χ3n) is 2.57. The highest BCUT2D eigenvalue weighted by molar-refractivity contribution is 5.88. The Morgan fingerprint density at radius 2 is 2.21 bits per heavy atom. The van der Waals surface area contributed by atoms with Gasteiger partial charge in [-0.2, -0.15) is 9.49 Å². The molecule has 1 aromatic heterocycles. The number of aryl methyl sites for hydroxylation is 1. The molecule has 1 heterocycles. The van der Waals surface area contributed by atoms with Gasteiger partial charge in [-0.05, 0) is 12.1 Å². The first-order valence-corrected chi connectivity index (χ1v) is 5.31. The van der Waals surface area contributed by atoms with Gasteiger partial charge < -0.3 is 9.84 Å². The lowest BCUT2D eigenvalue weighted by Gasteiger charge is -2.08. The quantitative estimate of drug-likeness (QED) is 0.920. The Morgan fingerprint density at radius 1 is 1.47 bits per heavy atom. The van der Waals surface area contributed by atoms with Gasteiger partial charge in [0.15, 0.2) is 11.6 Å². The number of hydrogen-bond donors (Lipinski definition) is 1. The minimum Gasteiger partial charge on any atom is -0.484 e. The van der Waals surface area contributed by atoms with Crippen LogP contribution in [0.15, 0.2) is 24.4 Å². The van der Waals surface area contributed by atoms with Crippen LogP contribution in [0.4, 0.5) is 8.78 Å². The van der Waals surface area contributed by atoms with Gasteiger partial charge in [0.25, 0.3) is 0 Å². The van der Waals surface area contributed by atoms with Crippen LogP contribution in [0.25, 0.3) is 0 Å². The number of hydrogen-bond acceptors (Lipinski definition) is 3. The number of aromatic carboxylic acids is 1. The molecule has 19 heavy (non-hydrogen) atoms. The van der Waals surface area contributed by atoms with Crippen LogP contribution >= 0.6 is 0 Å². The first kappa shape index (κ1) is 13.0. The second-order valence-corrected chi connectivity index (χ2v) is 3.77. The molecule has 0 saturated heterocycles. The van der Waals surface area contributed by atoms with E-state index in [0.29, 0.717) is 0 Å². The fourth-order valence-electron chi connectivity index (χ4n) is 1.55. The fraction of sp³-hybridized carbons (Fsp3) is 0.167. The number of nitrogens with zero attached hydrogens (tertiary/aromatic N) is 2. The zero-order chi connectivity index (χ0) is 14.0. The number of rotatable bonds is 4. The highest BCUT2D eigenvalue weighted by atomic mass is 19.2. The van der Waals surface area contributed by atoms with E-state index >= 15 is 0 Å². The molecule has 0 spiro atoms. The van der Waals surface area contributed by atoms with E-state index < -0.39 is 17.6 Å². The van der Waals surface area contributed by atoms with E-state index in [1.165, 1.54) is 30.1 Å². The van der Waals surface area contributed by atoms with Crippen molar-refractivity contribution in [3.63, 3.8) is 0 Å². The monoisotopic (exact) mass is 268 g/mol. The van der Waals surface area contributed by atoms with Crippen LogP contribution in [0, 0.1) is 11.6 Å². The van der Waals surface area contributed by atoms with E-state index in [2.05, 4.69) is 5.10 Å². The highest BCUT2D eigenvalue weighted by Gasteiger charge is 2.16. The average molecular weight is 268 g/mol. The normalized spacial score (nSPS) is 10.5. The Morgan fingerprint density at radius 3 is 2.89 bits per heavy atom. The molecule has 2 rings (SSSR count). The van der Waals surface area contributed by atoms with Gasteiger partial charge in [0.2, 0.25) is 5.82 Å². The summed E-state index contributed by atoms with van der Waals surface area (Å²) in [7, 11) is 1.53. The van der Waals surface area contributed by atoms with Gasteiger partial charge in [-0.1, -0.05) is 6.07 Å². The average Bonchev–Trinajstić information content (AvgIpc) is 2.73. The zero-order valence-electron chi connectivity index (χ0n) is 9.93. The summed E-state index contributed by atoms with van der Waals surface area (Å²) in [4.78, 5) is 10.9. The highest BCUT2D eigenvalue weighted by Crippen LogP contribution is 2.21. The molecule has 0 radical (unpaired) electrons. The maximum atomic E-state index is 13.4. The lowest BCUT2D eigenvalue weighted by atomic mass is 10.2. The minimum absolute atomic E-state index is 0.0423. The number of ether oxygens (including phenoxy) is 1. The summed E-state index contributed by atoms with van der Waals surface area (Å²) in [5.74, 6) is -3.58. The Bertz CT molecular complexity index is 625. The number of carbonyl (C=O) groups is 1. The van der Waals surface area contributed by atoms with Crippen LogP contribution in [0.1, 0.15) is 16.1 Å². The van der Waals surface area contributed by atoms with E-state index in [-0.39, 0.29) is 23.6 Å². The summed E-state index contributed by atoms with van der Waals surface area (Å²) in [6.07, 6.45) is 1.17. The second kappa shape index (κ2) is 5.05. The van der Waals surface area contributed by atoms with Gasteiger partial charge in [-0.15, -0.1) is 0 Å². The SMILES string of the molecule is Cn1ncc(C(=O)O)c1COc1cccc(F)c1F. The van der Waals surface area contributed by atoms with Crippen molar-refractivity contribution in [3.05, 3.63) is 47.3 Å². The molecule has 0 aliphatic carbocycles. The maximum absolute atomic E-state index is 13.4. The number of carboxylic acids is 1. The predicted octanol–water partition coefficient (Wildman–Crippen LogP) is 1.98. The molecule has 7 heteroatoms. The van der Waals surface area contributed by atoms with Gasteiger partial charge in [-0.3, -0.25) is 4.68 Å². The van der Waals surface area contributed by atoms with Gasteiger partial charge in [0, 0.05) is 7.05 Å². The standard InChI is InChI=1S/C12H10F2N2O3/c1-16-9(7(5-15-16)12(17)18)6-19-10-4-2-3-8(13)11(10)14/h2-5H,6H2,1H3,(H,17,18). The maximum Gasteiger partial charge on any atom is 0.339 e. The van der Waals surface area contributed by atoms with Crippen LogP contribution in [0.3, 0.4) is 0 Å². The largest absolute Gasteiger partial charge is 0.484 e. The van der Waals surface area contributed by atoms with Crippen LogP contribution in [-0.4, -0.2) is 20.9 Å². The van der Waals surface area contributed by atoms with Crippen molar-refractivity contribution in [2.45, 2.75) is 6.61 Å². The van der Waals surface area contributed by atoms with E-state index in [4.69, 9.17) is 9.84 Å². The topological polar surface area (TPSA) is 64.4 Å². The molecule has 0 amide bonds. The van der Waals surface area contributed by atoms with Crippen molar-refractivity contribution in [2.24, 2.45) is 7.05 Å². The van der Waals surface area contributed by atoms with E-state index in [1.807, 2.05) is 0 Å². The molecule has 0 saturated carbocycles. The molecular weight excluding hydrogens is 258 g/mol. The number of carboxylic acid groups (broad SMARTS) is 1. The number of benzene rings is 1. The lowest BCUT2D eigenvalue weighted by molar-refractivity contribution is 0.0693. The van der Waals surface area contributed by atoms with Crippen molar-refractivity contribution >= 4 is 5.97 Å². The molecule has 1 aromatic carbocycles. The molecule has 0 aliphatic rings. The predicted molar refractivity (Wildman–Crippen MR) is 60.9 cm³/mol. The summed E-state index contributed by atoms with van der Waals surface area (Å²) in [5.41, 5.74) is 0.218. The summed E-state index contributed by atoms with van der Waals surface area (Å²) in [6.45, 7) is -0.224. The van der Waals surface area contributed by atoms with E-state index in [0.717, 1.165) is 6.07 Å². The van der Waals surface area contributed by atoms with E-state index in [9.17, 15) is 13.6 Å². The fourth-order valence-corrected chi connectivity index (χ4v) is 1.55. The van der Waals surface area contributed by atoms with Gasteiger partial charge in [0.1, 0.15) is 12.2 Å². The summed E-state index contributed by atoms with van der Waals surface area (Å²) in [6, 6.07) is 3.53. The third-order valence-corrected chi connectivity index (χ3v) is 2.57. The molecule has 0 atom stereocenters. The Hall–Kier alpha value is -2.44. The van der Waals surface area contributed by atoms with Crippen molar-refractivity contribution < 1.29 is 23.4 Å². The summed E-state index contributed by atoms with van der Waals surface area (Å²) < 4.78 is 32.7. The van der Waals surface area contributed by atoms with Crippen LogP contribution in [-0.2, 0) is 13.7 Å². The second-order valence-electron chi connectivity index (χ2n) is 3.77. The number of aromatic nitrogens is 2. The zero-order valence-corrected chi connectivity index (χ0v) is 9.93. The van der Waals surface area contributed by atoms with Crippen LogP contribution in [0.5, 0.6) is 5.75 Å². The smallest absolute Gasteiger partial charge is 0.339 e.